The Hall–Kier alpha value is -1.64. The van der Waals surface area contributed by atoms with Gasteiger partial charge in [-0.15, -0.1) is 0 Å². The number of hydrogen-bond acceptors (Lipinski definition) is 3. The summed E-state index contributed by atoms with van der Waals surface area (Å²) in [5.41, 5.74) is 5.43. The van der Waals surface area contributed by atoms with Gasteiger partial charge >= 0.3 is 0 Å². The van der Waals surface area contributed by atoms with Gasteiger partial charge in [0.1, 0.15) is 0 Å². The SMILES string of the molecule is CC1=NN=C2[C@H]3CCC[C@@]12CN(c1ccc(C)cc1)C3. The van der Waals surface area contributed by atoms with Crippen LogP contribution in [0, 0.1) is 18.3 Å². The van der Waals surface area contributed by atoms with E-state index in [1.54, 1.807) is 0 Å². The zero-order valence-corrected chi connectivity index (χ0v) is 12.3. The highest BCUT2D eigenvalue weighted by Gasteiger charge is 2.52. The van der Waals surface area contributed by atoms with E-state index in [-0.39, 0.29) is 5.41 Å². The van der Waals surface area contributed by atoms with Gasteiger partial charge in [0.15, 0.2) is 0 Å². The summed E-state index contributed by atoms with van der Waals surface area (Å²) < 4.78 is 0. The Bertz CT molecular complexity index is 599. The second kappa shape index (κ2) is 4.18. The molecule has 0 unspecified atom stereocenters. The number of anilines is 1. The van der Waals surface area contributed by atoms with Gasteiger partial charge in [0.2, 0.25) is 0 Å². The minimum atomic E-state index is 0.145. The Balaban J connectivity index is 1.71. The van der Waals surface area contributed by atoms with Gasteiger partial charge < -0.3 is 4.90 Å². The Labute approximate surface area is 120 Å². The van der Waals surface area contributed by atoms with Gasteiger partial charge in [-0.1, -0.05) is 24.1 Å². The predicted octanol–water partition coefficient (Wildman–Crippen LogP) is 3.43. The lowest BCUT2D eigenvalue weighted by Gasteiger charge is -2.49. The molecule has 0 aromatic heterocycles. The van der Waals surface area contributed by atoms with Gasteiger partial charge in [-0.25, -0.2) is 0 Å². The molecule has 0 amide bonds. The normalized spacial score (nSPS) is 31.7. The van der Waals surface area contributed by atoms with E-state index in [1.165, 1.54) is 41.9 Å². The van der Waals surface area contributed by atoms with Crippen LogP contribution in [0.25, 0.3) is 0 Å². The number of piperidine rings is 1. The lowest BCUT2D eigenvalue weighted by molar-refractivity contribution is 0.353. The average molecular weight is 267 g/mol. The molecule has 0 N–H and O–H groups in total. The van der Waals surface area contributed by atoms with Gasteiger partial charge in [0.05, 0.1) is 16.8 Å². The molecule has 0 spiro atoms. The fraction of sp³-hybridized carbons (Fsp3) is 0.529. The van der Waals surface area contributed by atoms with Gasteiger partial charge in [-0.3, -0.25) is 0 Å². The van der Waals surface area contributed by atoms with Crippen LogP contribution in [0.3, 0.4) is 0 Å². The maximum Gasteiger partial charge on any atom is 0.0681 e. The van der Waals surface area contributed by atoms with Crippen LogP contribution in [0.1, 0.15) is 31.7 Å². The minimum Gasteiger partial charge on any atom is -0.370 e. The van der Waals surface area contributed by atoms with Crippen molar-refractivity contribution in [2.75, 3.05) is 18.0 Å². The van der Waals surface area contributed by atoms with E-state index in [9.17, 15) is 0 Å². The summed E-state index contributed by atoms with van der Waals surface area (Å²) >= 11 is 0. The molecule has 104 valence electrons. The molecule has 1 saturated heterocycles. The molecule has 1 saturated carbocycles. The summed E-state index contributed by atoms with van der Waals surface area (Å²) in [6.45, 7) is 6.47. The third kappa shape index (κ3) is 1.58. The van der Waals surface area contributed by atoms with Gasteiger partial charge in [0.25, 0.3) is 0 Å². The number of hydrogen-bond donors (Lipinski definition) is 0. The highest BCUT2D eigenvalue weighted by Crippen LogP contribution is 2.46. The molecule has 2 atom stereocenters. The van der Waals surface area contributed by atoms with E-state index < -0.39 is 0 Å². The molecule has 3 nitrogen and oxygen atoms in total. The smallest absolute Gasteiger partial charge is 0.0681 e. The number of nitrogens with zero attached hydrogens (tertiary/aromatic N) is 3. The Morgan fingerprint density at radius 3 is 2.75 bits per heavy atom. The van der Waals surface area contributed by atoms with Crippen LogP contribution in [-0.4, -0.2) is 24.5 Å². The Kier molecular flexibility index (Phi) is 2.53. The first-order chi connectivity index (χ1) is 9.69. The number of aryl methyl sites for hydroxylation is 1. The molecule has 2 heterocycles. The molecule has 20 heavy (non-hydrogen) atoms. The van der Waals surface area contributed by atoms with Crippen molar-refractivity contribution in [3.8, 4) is 0 Å². The second-order valence-corrected chi connectivity index (χ2v) is 6.56. The molecule has 3 aliphatic rings. The molecule has 0 radical (unpaired) electrons. The van der Waals surface area contributed by atoms with E-state index in [0.29, 0.717) is 5.92 Å². The summed E-state index contributed by atoms with van der Waals surface area (Å²) in [7, 11) is 0. The molecule has 1 aliphatic carbocycles. The number of rotatable bonds is 1. The average Bonchev–Trinajstić information content (AvgIpc) is 2.78. The van der Waals surface area contributed by atoms with Crippen LogP contribution in [0.2, 0.25) is 0 Å². The standard InChI is InChI=1S/C17H21N3/c1-12-5-7-15(8-6-12)20-10-14-4-3-9-17(11-20)13(2)18-19-16(14)17/h5-8,14H,3-4,9-11H2,1-2H3/t14-,17+/m0/s1. The summed E-state index contributed by atoms with van der Waals surface area (Å²) in [6, 6.07) is 8.93. The third-order valence-corrected chi connectivity index (χ3v) is 5.33. The predicted molar refractivity (Wildman–Crippen MR) is 83.7 cm³/mol. The zero-order chi connectivity index (χ0) is 13.7. The highest BCUT2D eigenvalue weighted by molar-refractivity contribution is 6.16. The van der Waals surface area contributed by atoms with Crippen LogP contribution in [0.5, 0.6) is 0 Å². The molecule has 1 aromatic carbocycles. The molecule has 2 fully saturated rings. The first kappa shape index (κ1) is 12.1. The van der Waals surface area contributed by atoms with Crippen molar-refractivity contribution >= 4 is 17.1 Å². The fourth-order valence-corrected chi connectivity index (χ4v) is 4.13. The third-order valence-electron chi connectivity index (χ3n) is 5.33. The lowest BCUT2D eigenvalue weighted by Crippen LogP contribution is -2.58. The largest absolute Gasteiger partial charge is 0.370 e. The van der Waals surface area contributed by atoms with Crippen molar-refractivity contribution in [2.24, 2.45) is 21.5 Å². The van der Waals surface area contributed by atoms with Crippen LogP contribution in [0.15, 0.2) is 34.5 Å². The van der Waals surface area contributed by atoms with E-state index in [0.717, 1.165) is 13.1 Å². The summed E-state index contributed by atoms with van der Waals surface area (Å²) in [6.07, 6.45) is 3.81. The maximum absolute atomic E-state index is 4.53. The molecular formula is C17H21N3. The van der Waals surface area contributed by atoms with Gasteiger partial charge in [-0.2, -0.15) is 10.2 Å². The van der Waals surface area contributed by atoms with Crippen molar-refractivity contribution in [3.05, 3.63) is 29.8 Å². The van der Waals surface area contributed by atoms with E-state index in [2.05, 4.69) is 53.2 Å². The van der Waals surface area contributed by atoms with Crippen molar-refractivity contribution in [1.29, 1.82) is 0 Å². The van der Waals surface area contributed by atoms with E-state index >= 15 is 0 Å². The van der Waals surface area contributed by atoms with Crippen LogP contribution >= 0.6 is 0 Å². The quantitative estimate of drug-likeness (QED) is 0.766. The molecule has 2 aliphatic heterocycles. The van der Waals surface area contributed by atoms with Crippen molar-refractivity contribution in [1.82, 2.24) is 0 Å². The summed E-state index contributed by atoms with van der Waals surface area (Å²) in [5, 5.41) is 8.97. The van der Waals surface area contributed by atoms with Gasteiger partial charge in [0, 0.05) is 24.7 Å². The summed E-state index contributed by atoms with van der Waals surface area (Å²) in [4.78, 5) is 2.55. The summed E-state index contributed by atoms with van der Waals surface area (Å²) in [5.74, 6) is 0.597. The Morgan fingerprint density at radius 2 is 1.95 bits per heavy atom. The second-order valence-electron chi connectivity index (χ2n) is 6.56. The molecule has 4 rings (SSSR count). The molecule has 1 aromatic rings. The minimum absolute atomic E-state index is 0.145. The van der Waals surface area contributed by atoms with Crippen molar-refractivity contribution in [3.63, 3.8) is 0 Å². The highest BCUT2D eigenvalue weighted by atomic mass is 15.3. The van der Waals surface area contributed by atoms with Crippen molar-refractivity contribution in [2.45, 2.75) is 33.1 Å². The first-order valence-corrected chi connectivity index (χ1v) is 7.64. The van der Waals surface area contributed by atoms with E-state index in [1.807, 2.05) is 0 Å². The van der Waals surface area contributed by atoms with Crippen LogP contribution < -0.4 is 4.90 Å². The lowest BCUT2D eigenvalue weighted by atomic mass is 9.63. The monoisotopic (exact) mass is 267 g/mol. The van der Waals surface area contributed by atoms with Crippen LogP contribution in [-0.2, 0) is 0 Å². The molecule has 2 bridgehead atoms. The number of benzene rings is 1. The van der Waals surface area contributed by atoms with Crippen molar-refractivity contribution < 1.29 is 0 Å². The maximum atomic E-state index is 4.53. The first-order valence-electron chi connectivity index (χ1n) is 7.64. The Morgan fingerprint density at radius 1 is 1.15 bits per heavy atom. The van der Waals surface area contributed by atoms with Crippen LogP contribution in [0.4, 0.5) is 5.69 Å². The topological polar surface area (TPSA) is 28.0 Å². The molecular weight excluding hydrogens is 246 g/mol. The van der Waals surface area contributed by atoms with Gasteiger partial charge in [-0.05, 0) is 38.8 Å². The fourth-order valence-electron chi connectivity index (χ4n) is 4.13. The molecule has 3 heteroatoms. The van der Waals surface area contributed by atoms with E-state index in [4.69, 9.17) is 0 Å². The zero-order valence-electron chi connectivity index (χ0n) is 12.3.